The third-order valence-electron chi connectivity index (χ3n) is 2.90. The first-order valence-electron chi connectivity index (χ1n) is 5.60. The zero-order chi connectivity index (χ0) is 11.4. The normalized spacial score (nSPS) is 20.8. The predicted octanol–water partition coefficient (Wildman–Crippen LogP) is 1.51. The van der Waals surface area contributed by atoms with Crippen molar-refractivity contribution in [1.29, 1.82) is 0 Å². The minimum atomic E-state index is 0.392. The molecule has 1 aliphatic heterocycles. The van der Waals surface area contributed by atoms with Crippen molar-refractivity contribution in [1.82, 2.24) is 4.98 Å². The van der Waals surface area contributed by atoms with Gasteiger partial charge in [-0.15, -0.1) is 0 Å². The standard InChI is InChI=1S/C12H16N2O2/c1-2-11-9-16-6-5-14(11)12-4-3-10(8-15)7-13-12/h3-4,7-8,11H,2,5-6,9H2,1H3. The Morgan fingerprint density at radius 1 is 1.62 bits per heavy atom. The van der Waals surface area contributed by atoms with Crippen molar-refractivity contribution in [3.05, 3.63) is 23.9 Å². The molecular formula is C12H16N2O2. The van der Waals surface area contributed by atoms with E-state index in [1.54, 1.807) is 12.3 Å². The molecule has 0 amide bonds. The van der Waals surface area contributed by atoms with Crippen molar-refractivity contribution in [2.45, 2.75) is 19.4 Å². The van der Waals surface area contributed by atoms with Crippen LogP contribution in [-0.4, -0.2) is 37.1 Å². The predicted molar refractivity (Wildman–Crippen MR) is 61.9 cm³/mol. The molecule has 0 radical (unpaired) electrons. The Kier molecular flexibility index (Phi) is 3.51. The van der Waals surface area contributed by atoms with Gasteiger partial charge in [-0.25, -0.2) is 4.98 Å². The van der Waals surface area contributed by atoms with Gasteiger partial charge in [0.05, 0.1) is 19.3 Å². The number of aldehydes is 1. The van der Waals surface area contributed by atoms with Crippen LogP contribution in [0.25, 0.3) is 0 Å². The number of carbonyl (C=O) groups excluding carboxylic acids is 1. The second-order valence-corrected chi connectivity index (χ2v) is 3.90. The van der Waals surface area contributed by atoms with Crippen molar-refractivity contribution < 1.29 is 9.53 Å². The summed E-state index contributed by atoms with van der Waals surface area (Å²) < 4.78 is 5.44. The van der Waals surface area contributed by atoms with E-state index in [4.69, 9.17) is 4.74 Å². The van der Waals surface area contributed by atoms with Crippen molar-refractivity contribution >= 4 is 12.1 Å². The fourth-order valence-electron chi connectivity index (χ4n) is 1.93. The molecule has 1 aliphatic rings. The SMILES string of the molecule is CCC1COCCN1c1ccc(C=O)cn1. The van der Waals surface area contributed by atoms with Gasteiger partial charge in [-0.2, -0.15) is 0 Å². The van der Waals surface area contributed by atoms with Crippen molar-refractivity contribution in [2.24, 2.45) is 0 Å². The number of hydrogen-bond acceptors (Lipinski definition) is 4. The van der Waals surface area contributed by atoms with Crippen LogP contribution in [0, 0.1) is 0 Å². The second-order valence-electron chi connectivity index (χ2n) is 3.90. The molecule has 2 rings (SSSR count). The van der Waals surface area contributed by atoms with Gasteiger partial charge < -0.3 is 9.64 Å². The number of aromatic nitrogens is 1. The first-order chi connectivity index (χ1) is 7.85. The Morgan fingerprint density at radius 2 is 2.50 bits per heavy atom. The zero-order valence-electron chi connectivity index (χ0n) is 9.43. The number of carbonyl (C=O) groups is 1. The molecule has 2 heterocycles. The van der Waals surface area contributed by atoms with E-state index in [2.05, 4.69) is 16.8 Å². The van der Waals surface area contributed by atoms with Crippen molar-refractivity contribution in [3.8, 4) is 0 Å². The molecule has 4 nitrogen and oxygen atoms in total. The highest BCUT2D eigenvalue weighted by atomic mass is 16.5. The van der Waals surface area contributed by atoms with E-state index in [0.29, 0.717) is 11.6 Å². The fourth-order valence-corrected chi connectivity index (χ4v) is 1.93. The minimum absolute atomic E-state index is 0.392. The summed E-state index contributed by atoms with van der Waals surface area (Å²) in [4.78, 5) is 17.1. The van der Waals surface area contributed by atoms with Crippen molar-refractivity contribution in [3.63, 3.8) is 0 Å². The number of morpholine rings is 1. The highest BCUT2D eigenvalue weighted by Crippen LogP contribution is 2.18. The molecule has 0 saturated carbocycles. The van der Waals surface area contributed by atoms with Gasteiger partial charge >= 0.3 is 0 Å². The van der Waals surface area contributed by atoms with Gasteiger partial charge in [0.1, 0.15) is 5.82 Å². The summed E-state index contributed by atoms with van der Waals surface area (Å²) in [5.74, 6) is 0.931. The Balaban J connectivity index is 2.17. The van der Waals surface area contributed by atoms with Crippen LogP contribution < -0.4 is 4.90 Å². The Bertz CT molecular complexity index is 351. The molecule has 1 aromatic heterocycles. The highest BCUT2D eigenvalue weighted by Gasteiger charge is 2.22. The van der Waals surface area contributed by atoms with E-state index >= 15 is 0 Å². The maximum Gasteiger partial charge on any atom is 0.151 e. The zero-order valence-corrected chi connectivity index (χ0v) is 9.43. The number of ether oxygens (including phenoxy) is 1. The van der Waals surface area contributed by atoms with Crippen LogP contribution >= 0.6 is 0 Å². The van der Waals surface area contributed by atoms with E-state index in [1.165, 1.54) is 0 Å². The lowest BCUT2D eigenvalue weighted by molar-refractivity contribution is 0.0925. The average molecular weight is 220 g/mol. The largest absolute Gasteiger partial charge is 0.377 e. The number of hydrogen-bond donors (Lipinski definition) is 0. The summed E-state index contributed by atoms with van der Waals surface area (Å²) in [5.41, 5.74) is 0.616. The molecular weight excluding hydrogens is 204 g/mol. The Hall–Kier alpha value is -1.42. The van der Waals surface area contributed by atoms with Crippen molar-refractivity contribution in [2.75, 3.05) is 24.7 Å². The van der Waals surface area contributed by atoms with Crippen LogP contribution in [0.2, 0.25) is 0 Å². The van der Waals surface area contributed by atoms with E-state index in [-0.39, 0.29) is 0 Å². The fraction of sp³-hybridized carbons (Fsp3) is 0.500. The van der Waals surface area contributed by atoms with E-state index in [0.717, 1.165) is 38.3 Å². The first-order valence-corrected chi connectivity index (χ1v) is 5.60. The van der Waals surface area contributed by atoms with E-state index in [9.17, 15) is 4.79 Å². The molecule has 4 heteroatoms. The highest BCUT2D eigenvalue weighted by molar-refractivity contribution is 5.74. The third-order valence-corrected chi connectivity index (χ3v) is 2.90. The minimum Gasteiger partial charge on any atom is -0.377 e. The monoisotopic (exact) mass is 220 g/mol. The molecule has 1 aromatic rings. The number of rotatable bonds is 3. The van der Waals surface area contributed by atoms with Crippen LogP contribution in [0.15, 0.2) is 18.3 Å². The van der Waals surface area contributed by atoms with Crippen LogP contribution in [0.4, 0.5) is 5.82 Å². The van der Waals surface area contributed by atoms with Gasteiger partial charge in [0.2, 0.25) is 0 Å². The molecule has 1 fully saturated rings. The molecule has 86 valence electrons. The maximum atomic E-state index is 10.5. The molecule has 1 unspecified atom stereocenters. The van der Waals surface area contributed by atoms with Crippen LogP contribution in [0.5, 0.6) is 0 Å². The van der Waals surface area contributed by atoms with Crippen LogP contribution in [0.3, 0.4) is 0 Å². The Morgan fingerprint density at radius 3 is 3.12 bits per heavy atom. The van der Waals surface area contributed by atoms with Crippen LogP contribution in [-0.2, 0) is 4.74 Å². The Labute approximate surface area is 95.2 Å². The molecule has 16 heavy (non-hydrogen) atoms. The van der Waals surface area contributed by atoms with Gasteiger partial charge in [0.15, 0.2) is 6.29 Å². The average Bonchev–Trinajstić information content (AvgIpc) is 2.39. The molecule has 0 aromatic carbocycles. The van der Waals surface area contributed by atoms with Crippen LogP contribution in [0.1, 0.15) is 23.7 Å². The molecule has 0 spiro atoms. The summed E-state index contributed by atoms with van der Waals surface area (Å²) in [6.07, 6.45) is 3.47. The smallest absolute Gasteiger partial charge is 0.151 e. The molecule has 0 aliphatic carbocycles. The molecule has 0 bridgehead atoms. The summed E-state index contributed by atoms with van der Waals surface area (Å²) in [6.45, 7) is 4.51. The molecule has 1 saturated heterocycles. The lowest BCUT2D eigenvalue weighted by atomic mass is 10.1. The van der Waals surface area contributed by atoms with Gasteiger partial charge in [0, 0.05) is 18.3 Å². The summed E-state index contributed by atoms with van der Waals surface area (Å²) in [5, 5.41) is 0. The quantitative estimate of drug-likeness (QED) is 0.724. The number of nitrogens with zero attached hydrogens (tertiary/aromatic N) is 2. The van der Waals surface area contributed by atoms with Gasteiger partial charge in [-0.1, -0.05) is 6.92 Å². The molecule has 1 atom stereocenters. The summed E-state index contributed by atoms with van der Waals surface area (Å²) in [6, 6.07) is 4.10. The lowest BCUT2D eigenvalue weighted by Crippen LogP contribution is -2.45. The van der Waals surface area contributed by atoms with E-state index < -0.39 is 0 Å². The number of pyridine rings is 1. The maximum absolute atomic E-state index is 10.5. The van der Waals surface area contributed by atoms with Gasteiger partial charge in [0.25, 0.3) is 0 Å². The second kappa shape index (κ2) is 5.07. The van der Waals surface area contributed by atoms with Gasteiger partial charge in [-0.3, -0.25) is 4.79 Å². The lowest BCUT2D eigenvalue weighted by Gasteiger charge is -2.35. The topological polar surface area (TPSA) is 42.4 Å². The number of anilines is 1. The van der Waals surface area contributed by atoms with E-state index in [1.807, 2.05) is 6.07 Å². The summed E-state index contributed by atoms with van der Waals surface area (Å²) in [7, 11) is 0. The van der Waals surface area contributed by atoms with Gasteiger partial charge in [-0.05, 0) is 18.6 Å². The molecule has 0 N–H and O–H groups in total. The third kappa shape index (κ3) is 2.22. The first kappa shape index (κ1) is 11.1. The summed E-state index contributed by atoms with van der Waals surface area (Å²) >= 11 is 0.